The zero-order valence-corrected chi connectivity index (χ0v) is 33.0. The number of nitrogens with one attached hydrogen (secondary N) is 2. The smallest absolute Gasteiger partial charge is 0.326 e. The molecule has 4 rings (SSSR count). The van der Waals surface area contributed by atoms with Crippen molar-refractivity contribution in [2.45, 2.75) is 154 Å². The maximum Gasteiger partial charge on any atom is 0.326 e. The predicted octanol–water partition coefficient (Wildman–Crippen LogP) is 6.96. The summed E-state index contributed by atoms with van der Waals surface area (Å²) in [5, 5.41) is 14.9. The first kappa shape index (κ1) is 43.3. The summed E-state index contributed by atoms with van der Waals surface area (Å²) in [6.45, 7) is 3.21. The van der Waals surface area contributed by atoms with Crippen molar-refractivity contribution in [1.29, 1.82) is 0 Å². The van der Waals surface area contributed by atoms with Gasteiger partial charge in [-0.1, -0.05) is 126 Å². The number of aliphatic carboxylic acids is 1. The van der Waals surface area contributed by atoms with Gasteiger partial charge in [0.15, 0.2) is 0 Å². The Hall–Kier alpha value is -4.41. The lowest BCUT2D eigenvalue weighted by molar-refractivity contribution is -0.146. The van der Waals surface area contributed by atoms with Crippen LogP contribution in [0.2, 0.25) is 0 Å². The average Bonchev–Trinajstić information content (AvgIpc) is 3.90. The Morgan fingerprint density at radius 3 is 1.93 bits per heavy atom. The lowest BCUT2D eigenvalue weighted by Crippen LogP contribution is -2.54. The molecule has 2 heterocycles. The van der Waals surface area contributed by atoms with Gasteiger partial charge in [-0.25, -0.2) is 4.79 Å². The van der Waals surface area contributed by atoms with Gasteiger partial charge in [0.05, 0.1) is 6.54 Å². The van der Waals surface area contributed by atoms with Gasteiger partial charge in [-0.05, 0) is 55.4 Å². The van der Waals surface area contributed by atoms with Crippen LogP contribution in [0.5, 0.6) is 5.75 Å². The van der Waals surface area contributed by atoms with Crippen LogP contribution in [0.3, 0.4) is 0 Å². The van der Waals surface area contributed by atoms with Gasteiger partial charge in [0.25, 0.3) is 0 Å². The number of carbonyl (C=O) groups excluding carboxylic acids is 4. The molecule has 0 aromatic heterocycles. The summed E-state index contributed by atoms with van der Waals surface area (Å²) in [5.41, 5.74) is 1.73. The maximum atomic E-state index is 13.7. The Morgan fingerprint density at radius 2 is 1.31 bits per heavy atom. The van der Waals surface area contributed by atoms with Crippen LogP contribution in [0.4, 0.5) is 0 Å². The van der Waals surface area contributed by atoms with Gasteiger partial charge < -0.3 is 30.3 Å². The molecule has 3 N–H and O–H groups in total. The molecular formula is C44H64N4O7. The van der Waals surface area contributed by atoms with Crippen molar-refractivity contribution in [3.63, 3.8) is 0 Å². The molecule has 2 saturated heterocycles. The second kappa shape index (κ2) is 24.2. The van der Waals surface area contributed by atoms with Crippen molar-refractivity contribution in [2.24, 2.45) is 0 Å². The van der Waals surface area contributed by atoms with Gasteiger partial charge >= 0.3 is 5.97 Å². The van der Waals surface area contributed by atoms with Crippen LogP contribution in [0.25, 0.3) is 0 Å². The van der Waals surface area contributed by atoms with Crippen LogP contribution in [-0.4, -0.2) is 82.3 Å². The van der Waals surface area contributed by atoms with Crippen LogP contribution in [-0.2, 0) is 37.0 Å². The molecule has 0 aliphatic carbocycles. The largest absolute Gasteiger partial charge is 0.489 e. The van der Waals surface area contributed by atoms with E-state index in [-0.39, 0.29) is 18.2 Å². The Balaban J connectivity index is 1.14. The molecule has 2 aromatic rings. The number of likely N-dealkylation sites (tertiary alicyclic amines) is 2. The molecule has 2 aliphatic rings. The highest BCUT2D eigenvalue weighted by Crippen LogP contribution is 2.26. The third-order valence-corrected chi connectivity index (χ3v) is 10.9. The first-order valence-corrected chi connectivity index (χ1v) is 20.9. The monoisotopic (exact) mass is 760 g/mol. The molecule has 55 heavy (non-hydrogen) atoms. The van der Waals surface area contributed by atoms with E-state index in [1.165, 1.54) is 64.2 Å². The van der Waals surface area contributed by atoms with Gasteiger partial charge in [0, 0.05) is 25.9 Å². The molecule has 0 unspecified atom stereocenters. The highest BCUT2D eigenvalue weighted by atomic mass is 16.5. The van der Waals surface area contributed by atoms with Gasteiger partial charge in [-0.3, -0.25) is 19.2 Å². The fraction of sp³-hybridized carbons (Fsp3) is 0.614. The molecule has 0 radical (unpaired) electrons. The number of rotatable bonds is 25. The van der Waals surface area contributed by atoms with Gasteiger partial charge in [-0.2, -0.15) is 0 Å². The van der Waals surface area contributed by atoms with E-state index in [1.54, 1.807) is 34.1 Å². The van der Waals surface area contributed by atoms with E-state index < -0.39 is 42.5 Å². The van der Waals surface area contributed by atoms with E-state index in [9.17, 15) is 29.1 Å². The average molecular weight is 761 g/mol. The fourth-order valence-corrected chi connectivity index (χ4v) is 7.68. The molecule has 4 amide bonds. The third-order valence-electron chi connectivity index (χ3n) is 10.9. The minimum absolute atomic E-state index is 0.0103. The zero-order chi connectivity index (χ0) is 39.3. The van der Waals surface area contributed by atoms with Crippen LogP contribution in [0.1, 0.15) is 134 Å². The second-order valence-electron chi connectivity index (χ2n) is 15.2. The summed E-state index contributed by atoms with van der Waals surface area (Å²) in [7, 11) is 0. The van der Waals surface area contributed by atoms with E-state index in [0.29, 0.717) is 56.7 Å². The van der Waals surface area contributed by atoms with Gasteiger partial charge in [0.2, 0.25) is 23.6 Å². The first-order valence-electron chi connectivity index (χ1n) is 20.9. The Kier molecular flexibility index (Phi) is 19.0. The second-order valence-corrected chi connectivity index (χ2v) is 15.2. The number of nitrogens with zero attached hydrogens (tertiary/aromatic N) is 2. The third kappa shape index (κ3) is 15.0. The molecule has 2 aromatic carbocycles. The molecule has 0 bridgehead atoms. The van der Waals surface area contributed by atoms with Gasteiger partial charge in [0.1, 0.15) is 30.5 Å². The summed E-state index contributed by atoms with van der Waals surface area (Å²) >= 11 is 0. The normalized spacial score (nSPS) is 17.2. The summed E-state index contributed by atoms with van der Waals surface area (Å²) in [6, 6.07) is 14.3. The number of benzene rings is 2. The number of carboxylic acids is 1. The Morgan fingerprint density at radius 1 is 0.727 bits per heavy atom. The summed E-state index contributed by atoms with van der Waals surface area (Å²) in [4.78, 5) is 68.2. The number of hydrogen-bond donors (Lipinski definition) is 3. The standard InChI is InChI=1S/C44H64N4O7/c1-2-3-4-5-6-7-8-9-10-11-12-13-17-24-41(50)47-29-19-23-39(47)43(52)48-30-18-22-38(48)42(51)45-32-40(49)46-37(44(53)54)31-34-25-27-36(28-26-34)55-33-35-20-15-14-16-21-35/h14-16,20-21,25-28,37-39H,2-13,17-19,22-24,29-33H2,1H3,(H,45,51)(H,46,49)(H,53,54)/t37-,38-,39-/m0/s1. The number of unbranched alkanes of at least 4 members (excludes halogenated alkanes) is 12. The minimum atomic E-state index is -1.20. The van der Waals surface area contributed by atoms with Crippen molar-refractivity contribution in [1.82, 2.24) is 20.4 Å². The molecule has 11 nitrogen and oxygen atoms in total. The van der Waals surface area contributed by atoms with Crippen LogP contribution in [0, 0.1) is 0 Å². The molecule has 302 valence electrons. The van der Waals surface area contributed by atoms with E-state index in [2.05, 4.69) is 17.6 Å². The number of amides is 4. The Bertz CT molecular complexity index is 1480. The Labute approximate surface area is 327 Å². The van der Waals surface area contributed by atoms with E-state index >= 15 is 0 Å². The highest BCUT2D eigenvalue weighted by molar-refractivity contribution is 5.94. The van der Waals surface area contributed by atoms with E-state index in [4.69, 9.17) is 4.74 Å². The molecule has 0 spiro atoms. The van der Waals surface area contributed by atoms with E-state index in [1.807, 2.05) is 30.3 Å². The number of carboxylic acid groups (broad SMARTS) is 1. The van der Waals surface area contributed by atoms with Crippen LogP contribution in [0.15, 0.2) is 54.6 Å². The van der Waals surface area contributed by atoms with Crippen molar-refractivity contribution < 1.29 is 33.8 Å². The predicted molar refractivity (Wildman–Crippen MR) is 213 cm³/mol. The molecule has 2 fully saturated rings. The van der Waals surface area contributed by atoms with Crippen molar-refractivity contribution >= 4 is 29.6 Å². The minimum Gasteiger partial charge on any atom is -0.489 e. The molecule has 2 aliphatic heterocycles. The highest BCUT2D eigenvalue weighted by Gasteiger charge is 2.42. The van der Waals surface area contributed by atoms with Crippen molar-refractivity contribution in [3.8, 4) is 5.75 Å². The molecule has 3 atom stereocenters. The van der Waals surface area contributed by atoms with Gasteiger partial charge in [-0.15, -0.1) is 0 Å². The summed E-state index contributed by atoms with van der Waals surface area (Å²) in [6.07, 6.45) is 19.0. The maximum absolute atomic E-state index is 13.7. The number of carbonyl (C=O) groups is 5. The topological polar surface area (TPSA) is 145 Å². The van der Waals surface area contributed by atoms with Crippen molar-refractivity contribution in [2.75, 3.05) is 19.6 Å². The SMILES string of the molecule is CCCCCCCCCCCCCCCC(=O)N1CCC[C@H]1C(=O)N1CCC[C@H]1C(=O)NCC(=O)N[C@@H](Cc1ccc(OCc2ccccc2)cc1)C(=O)O. The number of ether oxygens (including phenoxy) is 1. The summed E-state index contributed by atoms with van der Waals surface area (Å²) in [5.74, 6) is -1.84. The lowest BCUT2D eigenvalue weighted by atomic mass is 10.0. The fourth-order valence-electron chi connectivity index (χ4n) is 7.68. The first-order chi connectivity index (χ1) is 26.8. The zero-order valence-electron chi connectivity index (χ0n) is 33.0. The van der Waals surface area contributed by atoms with E-state index in [0.717, 1.165) is 31.2 Å². The lowest BCUT2D eigenvalue weighted by Gasteiger charge is -2.31. The van der Waals surface area contributed by atoms with Crippen molar-refractivity contribution in [3.05, 3.63) is 65.7 Å². The van der Waals surface area contributed by atoms with Crippen LogP contribution >= 0.6 is 0 Å². The van der Waals surface area contributed by atoms with Crippen LogP contribution < -0.4 is 15.4 Å². The summed E-state index contributed by atoms with van der Waals surface area (Å²) < 4.78 is 5.80. The quantitative estimate of drug-likeness (QED) is 0.0929. The number of hydrogen-bond acceptors (Lipinski definition) is 6. The molecule has 0 saturated carbocycles. The molecular weight excluding hydrogens is 697 g/mol. The molecule has 11 heteroatoms.